The average molecular weight is 382 g/mol. The third-order valence-corrected chi connectivity index (χ3v) is 4.75. The fourth-order valence-electron chi connectivity index (χ4n) is 3.20. The molecule has 0 fully saturated rings. The van der Waals surface area contributed by atoms with Gasteiger partial charge in [-0.15, -0.1) is 0 Å². The van der Waals surface area contributed by atoms with Gasteiger partial charge in [0.25, 0.3) is 0 Å². The molecule has 0 radical (unpaired) electrons. The summed E-state index contributed by atoms with van der Waals surface area (Å²) in [5, 5.41) is 11.2. The lowest BCUT2D eigenvalue weighted by molar-refractivity contribution is 0.186. The molecule has 0 amide bonds. The molecule has 5 nitrogen and oxygen atoms in total. The lowest BCUT2D eigenvalue weighted by Crippen LogP contribution is -2.11. The molecule has 0 bridgehead atoms. The smallest absolute Gasteiger partial charge is 0.343 e. The molecular weight excluding hydrogens is 356 g/mol. The summed E-state index contributed by atoms with van der Waals surface area (Å²) in [6.45, 7) is 5.74. The quantitative estimate of drug-likeness (QED) is 0.648. The third-order valence-electron chi connectivity index (χ3n) is 4.75. The molecule has 0 aliphatic heterocycles. The van der Waals surface area contributed by atoms with E-state index in [0.717, 1.165) is 22.9 Å². The number of rotatable bonds is 7. The molecule has 2 atom stereocenters. The van der Waals surface area contributed by atoms with Crippen molar-refractivity contribution in [3.05, 3.63) is 58.6 Å². The minimum absolute atomic E-state index is 0.0705. The van der Waals surface area contributed by atoms with Gasteiger partial charge >= 0.3 is 5.63 Å². The zero-order valence-corrected chi connectivity index (χ0v) is 16.7. The fourth-order valence-corrected chi connectivity index (χ4v) is 3.20. The number of aliphatic hydroxyl groups is 1. The van der Waals surface area contributed by atoms with Crippen LogP contribution < -0.4 is 15.1 Å². The highest BCUT2D eigenvalue weighted by Gasteiger charge is 2.19. The number of hydrogen-bond donors (Lipinski definition) is 1. The maximum Gasteiger partial charge on any atom is 0.343 e. The third kappa shape index (κ3) is 4.04. The van der Waals surface area contributed by atoms with Crippen molar-refractivity contribution in [3.8, 4) is 22.6 Å². The van der Waals surface area contributed by atoms with E-state index in [-0.39, 0.29) is 12.5 Å². The van der Waals surface area contributed by atoms with Crippen LogP contribution in [0.2, 0.25) is 0 Å². The van der Waals surface area contributed by atoms with Crippen molar-refractivity contribution in [2.45, 2.75) is 45.8 Å². The first-order valence-electron chi connectivity index (χ1n) is 9.52. The second kappa shape index (κ2) is 8.48. The summed E-state index contributed by atoms with van der Waals surface area (Å²) in [6, 6.07) is 13.0. The van der Waals surface area contributed by atoms with E-state index in [1.165, 1.54) is 0 Å². The Labute approximate surface area is 164 Å². The van der Waals surface area contributed by atoms with E-state index in [1.54, 1.807) is 26.2 Å². The molecule has 1 heterocycles. The van der Waals surface area contributed by atoms with Crippen LogP contribution >= 0.6 is 0 Å². The maximum atomic E-state index is 12.4. The molecule has 2 aromatic carbocycles. The normalized spacial score (nSPS) is 13.3. The Kier molecular flexibility index (Phi) is 6.05. The number of benzene rings is 2. The zero-order chi connectivity index (χ0) is 20.3. The summed E-state index contributed by atoms with van der Waals surface area (Å²) in [4.78, 5) is 12.4. The molecule has 0 spiro atoms. The molecule has 28 heavy (non-hydrogen) atoms. The molecule has 3 aromatic rings. The van der Waals surface area contributed by atoms with Crippen molar-refractivity contribution in [3.63, 3.8) is 0 Å². The second-order valence-corrected chi connectivity index (χ2v) is 6.99. The SMILES string of the molecule is CCC(C)Oc1ccc(-c2c(CC(C)O)oc(=O)c3ccccc23)cc1OC. The van der Waals surface area contributed by atoms with Crippen LogP contribution in [-0.2, 0) is 6.42 Å². The van der Waals surface area contributed by atoms with Gasteiger partial charge in [0.05, 0.1) is 24.7 Å². The van der Waals surface area contributed by atoms with Crippen molar-refractivity contribution < 1.29 is 19.0 Å². The predicted octanol–water partition coefficient (Wildman–Crippen LogP) is 4.57. The van der Waals surface area contributed by atoms with Gasteiger partial charge in [-0.25, -0.2) is 4.79 Å². The molecule has 0 saturated carbocycles. The fraction of sp³-hybridized carbons (Fsp3) is 0.348. The van der Waals surface area contributed by atoms with Crippen molar-refractivity contribution in [2.24, 2.45) is 0 Å². The van der Waals surface area contributed by atoms with Crippen LogP contribution in [0.3, 0.4) is 0 Å². The molecule has 0 aliphatic carbocycles. The molecule has 0 aliphatic rings. The van der Waals surface area contributed by atoms with Crippen molar-refractivity contribution in [1.29, 1.82) is 0 Å². The lowest BCUT2D eigenvalue weighted by Gasteiger charge is -2.18. The van der Waals surface area contributed by atoms with Gasteiger partial charge in [0, 0.05) is 17.4 Å². The number of methoxy groups -OCH3 is 1. The number of hydrogen-bond acceptors (Lipinski definition) is 5. The number of ether oxygens (including phenoxy) is 2. The molecule has 5 heteroatoms. The molecule has 0 saturated heterocycles. The average Bonchev–Trinajstić information content (AvgIpc) is 2.68. The van der Waals surface area contributed by atoms with E-state index in [4.69, 9.17) is 13.9 Å². The van der Waals surface area contributed by atoms with Crippen LogP contribution in [0.15, 0.2) is 51.7 Å². The second-order valence-electron chi connectivity index (χ2n) is 6.99. The summed E-state index contributed by atoms with van der Waals surface area (Å²) < 4.78 is 17.1. The zero-order valence-electron chi connectivity index (χ0n) is 16.7. The summed E-state index contributed by atoms with van der Waals surface area (Å²) >= 11 is 0. The Hall–Kier alpha value is -2.79. The van der Waals surface area contributed by atoms with Gasteiger partial charge < -0.3 is 19.0 Å². The Morgan fingerprint density at radius 1 is 1.07 bits per heavy atom. The molecule has 1 aromatic heterocycles. The van der Waals surface area contributed by atoms with Crippen molar-refractivity contribution in [2.75, 3.05) is 7.11 Å². The van der Waals surface area contributed by atoms with E-state index in [9.17, 15) is 9.90 Å². The first kappa shape index (κ1) is 20.0. The Morgan fingerprint density at radius 3 is 2.43 bits per heavy atom. The van der Waals surface area contributed by atoms with E-state index in [0.29, 0.717) is 22.6 Å². The minimum Gasteiger partial charge on any atom is -0.493 e. The van der Waals surface area contributed by atoms with Gasteiger partial charge in [-0.1, -0.05) is 31.2 Å². The minimum atomic E-state index is -0.641. The van der Waals surface area contributed by atoms with E-state index < -0.39 is 11.7 Å². The van der Waals surface area contributed by atoms with Crippen LogP contribution in [-0.4, -0.2) is 24.4 Å². The summed E-state index contributed by atoms with van der Waals surface area (Å²) in [7, 11) is 1.60. The van der Waals surface area contributed by atoms with Crippen LogP contribution in [0, 0.1) is 0 Å². The highest BCUT2D eigenvalue weighted by atomic mass is 16.5. The molecule has 2 unspecified atom stereocenters. The summed E-state index contributed by atoms with van der Waals surface area (Å²) in [5.41, 5.74) is 1.21. The van der Waals surface area contributed by atoms with Gasteiger partial charge in [0.2, 0.25) is 0 Å². The Bertz CT molecular complexity index is 1020. The molecule has 1 N–H and O–H groups in total. The molecular formula is C23H26O5. The first-order valence-corrected chi connectivity index (χ1v) is 9.52. The topological polar surface area (TPSA) is 68.9 Å². The van der Waals surface area contributed by atoms with Crippen LogP contribution in [0.1, 0.15) is 33.0 Å². The van der Waals surface area contributed by atoms with Crippen molar-refractivity contribution >= 4 is 10.8 Å². The lowest BCUT2D eigenvalue weighted by atomic mass is 9.96. The number of fused-ring (bicyclic) bond motifs is 1. The van der Waals surface area contributed by atoms with Crippen LogP contribution in [0.5, 0.6) is 11.5 Å². The van der Waals surface area contributed by atoms with Crippen molar-refractivity contribution in [1.82, 2.24) is 0 Å². The van der Waals surface area contributed by atoms with Gasteiger partial charge in [-0.3, -0.25) is 0 Å². The highest BCUT2D eigenvalue weighted by molar-refractivity contribution is 5.97. The first-order chi connectivity index (χ1) is 13.4. The Balaban J connectivity index is 2.22. The van der Waals surface area contributed by atoms with Crippen LogP contribution in [0.25, 0.3) is 21.9 Å². The van der Waals surface area contributed by atoms with Crippen LogP contribution in [0.4, 0.5) is 0 Å². The highest BCUT2D eigenvalue weighted by Crippen LogP contribution is 2.37. The molecule has 148 valence electrons. The Morgan fingerprint density at radius 2 is 1.79 bits per heavy atom. The number of aliphatic hydroxyl groups excluding tert-OH is 1. The summed E-state index contributed by atoms with van der Waals surface area (Å²) in [6.07, 6.45) is 0.555. The van der Waals surface area contributed by atoms with E-state index >= 15 is 0 Å². The van der Waals surface area contributed by atoms with E-state index in [2.05, 4.69) is 6.92 Å². The van der Waals surface area contributed by atoms with Gasteiger partial charge in [-0.05, 0) is 44.0 Å². The van der Waals surface area contributed by atoms with Gasteiger partial charge in [0.15, 0.2) is 11.5 Å². The molecule has 3 rings (SSSR count). The van der Waals surface area contributed by atoms with E-state index in [1.807, 2.05) is 37.3 Å². The van der Waals surface area contributed by atoms with Gasteiger partial charge in [-0.2, -0.15) is 0 Å². The standard InChI is InChI=1S/C23H26O5/c1-5-15(3)27-19-11-10-16(13-20(19)26-4)22-17-8-6-7-9-18(17)23(25)28-21(22)12-14(2)24/h6-11,13-15,24H,5,12H2,1-4H3. The van der Waals surface area contributed by atoms with Gasteiger partial charge in [0.1, 0.15) is 5.76 Å². The predicted molar refractivity (Wildman–Crippen MR) is 110 cm³/mol. The monoisotopic (exact) mass is 382 g/mol. The largest absolute Gasteiger partial charge is 0.493 e. The summed E-state index contributed by atoms with van der Waals surface area (Å²) in [5.74, 6) is 1.73. The maximum absolute atomic E-state index is 12.4.